The summed E-state index contributed by atoms with van der Waals surface area (Å²) in [6.07, 6.45) is 1.77. The predicted molar refractivity (Wildman–Crippen MR) is 48.1 cm³/mol. The molecular weight excluding hydrogens is 168 g/mol. The van der Waals surface area contributed by atoms with Gasteiger partial charge in [0.15, 0.2) is 0 Å². The van der Waals surface area contributed by atoms with Crippen molar-refractivity contribution >= 4 is 5.91 Å². The van der Waals surface area contributed by atoms with Crippen molar-refractivity contribution < 1.29 is 9.53 Å². The summed E-state index contributed by atoms with van der Waals surface area (Å²) in [5.74, 6) is 0.124. The second-order valence-corrected chi connectivity index (χ2v) is 4.11. The average Bonchev–Trinajstić information content (AvgIpc) is 2.65. The molecule has 0 bridgehead atoms. The van der Waals surface area contributed by atoms with Gasteiger partial charge < -0.3 is 15.8 Å². The Kier molecular flexibility index (Phi) is 2.04. The van der Waals surface area contributed by atoms with Crippen molar-refractivity contribution in [2.75, 3.05) is 13.2 Å². The van der Waals surface area contributed by atoms with Crippen molar-refractivity contribution in [2.45, 2.75) is 31.8 Å². The van der Waals surface area contributed by atoms with Gasteiger partial charge in [-0.3, -0.25) is 4.79 Å². The molecule has 2 rings (SSSR count). The number of nitrogens with one attached hydrogen (secondary N) is 1. The SMILES string of the molecule is CCC1(C(=O)NC2CC2N)COC1. The van der Waals surface area contributed by atoms with Crippen LogP contribution in [0.4, 0.5) is 0 Å². The van der Waals surface area contributed by atoms with E-state index in [2.05, 4.69) is 5.32 Å². The molecule has 0 spiro atoms. The summed E-state index contributed by atoms with van der Waals surface area (Å²) in [6.45, 7) is 3.16. The zero-order valence-electron chi connectivity index (χ0n) is 7.88. The van der Waals surface area contributed by atoms with Crippen molar-refractivity contribution in [2.24, 2.45) is 11.1 Å². The molecule has 1 aliphatic heterocycles. The maximum atomic E-state index is 11.7. The van der Waals surface area contributed by atoms with Gasteiger partial charge in [-0.15, -0.1) is 0 Å². The molecular formula is C9H16N2O2. The molecule has 0 aromatic rings. The van der Waals surface area contributed by atoms with Crippen LogP contribution < -0.4 is 11.1 Å². The van der Waals surface area contributed by atoms with Crippen LogP contribution in [0, 0.1) is 5.41 Å². The van der Waals surface area contributed by atoms with Gasteiger partial charge in [0.1, 0.15) is 0 Å². The van der Waals surface area contributed by atoms with Crippen LogP contribution in [0.25, 0.3) is 0 Å². The second-order valence-electron chi connectivity index (χ2n) is 4.11. The summed E-state index contributed by atoms with van der Waals surface area (Å²) in [5, 5.41) is 2.95. The van der Waals surface area contributed by atoms with Gasteiger partial charge in [0.05, 0.1) is 18.6 Å². The molecule has 0 radical (unpaired) electrons. The monoisotopic (exact) mass is 184 g/mol. The van der Waals surface area contributed by atoms with Crippen molar-refractivity contribution in [1.29, 1.82) is 0 Å². The molecule has 1 aliphatic carbocycles. The van der Waals surface area contributed by atoms with Gasteiger partial charge >= 0.3 is 0 Å². The number of rotatable bonds is 3. The molecule has 13 heavy (non-hydrogen) atoms. The maximum Gasteiger partial charge on any atom is 0.231 e. The Morgan fingerprint density at radius 1 is 1.69 bits per heavy atom. The van der Waals surface area contributed by atoms with Crippen molar-refractivity contribution in [3.8, 4) is 0 Å². The summed E-state index contributed by atoms with van der Waals surface area (Å²) < 4.78 is 5.09. The lowest BCUT2D eigenvalue weighted by Crippen LogP contribution is -2.54. The molecule has 2 aliphatic rings. The third-order valence-electron chi connectivity index (χ3n) is 3.07. The second kappa shape index (κ2) is 2.96. The van der Waals surface area contributed by atoms with Crippen molar-refractivity contribution in [3.63, 3.8) is 0 Å². The standard InChI is InChI=1S/C9H16N2O2/c1-2-9(4-13-5-9)8(12)11-7-3-6(7)10/h6-7H,2-5,10H2,1H3,(H,11,12). The van der Waals surface area contributed by atoms with Crippen LogP contribution in [-0.4, -0.2) is 31.2 Å². The zero-order chi connectivity index (χ0) is 9.47. The van der Waals surface area contributed by atoms with Crippen LogP contribution >= 0.6 is 0 Å². The van der Waals surface area contributed by atoms with E-state index < -0.39 is 0 Å². The minimum absolute atomic E-state index is 0.124. The number of carbonyl (C=O) groups excluding carboxylic acids is 1. The molecule has 1 saturated carbocycles. The van der Waals surface area contributed by atoms with E-state index in [0.717, 1.165) is 12.8 Å². The number of ether oxygens (including phenoxy) is 1. The van der Waals surface area contributed by atoms with Gasteiger partial charge in [-0.05, 0) is 12.8 Å². The summed E-state index contributed by atoms with van der Waals surface area (Å²) in [6, 6.07) is 0.398. The highest BCUT2D eigenvalue weighted by molar-refractivity contribution is 5.84. The number of amides is 1. The molecule has 4 heteroatoms. The number of carbonyl (C=O) groups is 1. The number of hydrogen-bond donors (Lipinski definition) is 2. The molecule has 0 aromatic carbocycles. The Bertz CT molecular complexity index is 220. The molecule has 0 aromatic heterocycles. The van der Waals surface area contributed by atoms with E-state index in [1.54, 1.807) is 0 Å². The van der Waals surface area contributed by atoms with E-state index in [9.17, 15) is 4.79 Å². The fraction of sp³-hybridized carbons (Fsp3) is 0.889. The minimum Gasteiger partial charge on any atom is -0.379 e. The Morgan fingerprint density at radius 2 is 2.31 bits per heavy atom. The molecule has 4 nitrogen and oxygen atoms in total. The van der Waals surface area contributed by atoms with E-state index in [4.69, 9.17) is 10.5 Å². The lowest BCUT2D eigenvalue weighted by Gasteiger charge is -2.39. The Hall–Kier alpha value is -0.610. The molecule has 1 saturated heterocycles. The first kappa shape index (κ1) is 8.97. The molecule has 2 unspecified atom stereocenters. The van der Waals surface area contributed by atoms with Gasteiger partial charge in [0, 0.05) is 12.1 Å². The topological polar surface area (TPSA) is 64.4 Å². The Morgan fingerprint density at radius 3 is 2.62 bits per heavy atom. The first-order valence-corrected chi connectivity index (χ1v) is 4.82. The van der Waals surface area contributed by atoms with Crippen LogP contribution in [0.3, 0.4) is 0 Å². The highest BCUT2D eigenvalue weighted by Gasteiger charge is 2.47. The normalized spacial score (nSPS) is 34.9. The third-order valence-corrected chi connectivity index (χ3v) is 3.07. The van der Waals surface area contributed by atoms with Crippen LogP contribution in [-0.2, 0) is 9.53 Å². The van der Waals surface area contributed by atoms with Crippen LogP contribution in [0.1, 0.15) is 19.8 Å². The van der Waals surface area contributed by atoms with Gasteiger partial charge in [-0.25, -0.2) is 0 Å². The van der Waals surface area contributed by atoms with E-state index in [1.165, 1.54) is 0 Å². The average molecular weight is 184 g/mol. The molecule has 2 atom stereocenters. The van der Waals surface area contributed by atoms with Crippen LogP contribution in [0.5, 0.6) is 0 Å². The first-order valence-electron chi connectivity index (χ1n) is 4.82. The quantitative estimate of drug-likeness (QED) is 0.629. The smallest absolute Gasteiger partial charge is 0.231 e. The zero-order valence-corrected chi connectivity index (χ0v) is 7.88. The highest BCUT2D eigenvalue weighted by Crippen LogP contribution is 2.32. The molecule has 3 N–H and O–H groups in total. The van der Waals surface area contributed by atoms with E-state index in [0.29, 0.717) is 13.2 Å². The molecule has 1 heterocycles. The van der Waals surface area contributed by atoms with E-state index in [-0.39, 0.29) is 23.4 Å². The fourth-order valence-corrected chi connectivity index (χ4v) is 1.55. The van der Waals surface area contributed by atoms with Gasteiger partial charge in [0.25, 0.3) is 0 Å². The summed E-state index contributed by atoms with van der Waals surface area (Å²) >= 11 is 0. The van der Waals surface area contributed by atoms with E-state index >= 15 is 0 Å². The van der Waals surface area contributed by atoms with Gasteiger partial charge in [0.2, 0.25) is 5.91 Å². The number of hydrogen-bond acceptors (Lipinski definition) is 3. The Labute approximate surface area is 77.8 Å². The minimum atomic E-state index is -0.248. The van der Waals surface area contributed by atoms with E-state index in [1.807, 2.05) is 6.92 Å². The van der Waals surface area contributed by atoms with Crippen LogP contribution in [0.15, 0.2) is 0 Å². The lowest BCUT2D eigenvalue weighted by atomic mass is 9.82. The van der Waals surface area contributed by atoms with Gasteiger partial charge in [-0.1, -0.05) is 6.92 Å². The number of nitrogens with two attached hydrogens (primary N) is 1. The third kappa shape index (κ3) is 1.44. The summed E-state index contributed by atoms with van der Waals surface area (Å²) in [7, 11) is 0. The Balaban J connectivity index is 1.88. The fourth-order valence-electron chi connectivity index (χ4n) is 1.55. The maximum absolute atomic E-state index is 11.7. The van der Waals surface area contributed by atoms with Crippen molar-refractivity contribution in [3.05, 3.63) is 0 Å². The van der Waals surface area contributed by atoms with Gasteiger partial charge in [-0.2, -0.15) is 0 Å². The lowest BCUT2D eigenvalue weighted by molar-refractivity contribution is -0.162. The molecule has 74 valence electrons. The predicted octanol–water partition coefficient (Wildman–Crippen LogP) is -0.371. The van der Waals surface area contributed by atoms with Crippen LogP contribution in [0.2, 0.25) is 0 Å². The summed E-state index contributed by atoms with van der Waals surface area (Å²) in [4.78, 5) is 11.7. The highest BCUT2D eigenvalue weighted by atomic mass is 16.5. The first-order chi connectivity index (χ1) is 6.18. The summed E-state index contributed by atoms with van der Waals surface area (Å²) in [5.41, 5.74) is 5.37. The molecule has 1 amide bonds. The van der Waals surface area contributed by atoms with Crippen molar-refractivity contribution in [1.82, 2.24) is 5.32 Å². The largest absolute Gasteiger partial charge is 0.379 e. The molecule has 2 fully saturated rings.